The number of fused-ring (bicyclic) bond motifs is 1. The van der Waals surface area contributed by atoms with E-state index in [1.165, 1.54) is 6.42 Å². The maximum absolute atomic E-state index is 14.5. The van der Waals surface area contributed by atoms with Gasteiger partial charge < -0.3 is 19.6 Å². The number of ether oxygens (including phenoxy) is 1. The minimum absolute atomic E-state index is 0.0281. The monoisotopic (exact) mass is 546 g/mol. The third-order valence-corrected chi connectivity index (χ3v) is 11.0. The van der Waals surface area contributed by atoms with E-state index in [4.69, 9.17) is 9.84 Å². The Bertz CT molecular complexity index is 875. The molecule has 1 N–H and O–H groups in total. The van der Waals surface area contributed by atoms with Crippen molar-refractivity contribution in [1.82, 2.24) is 9.80 Å². The van der Waals surface area contributed by atoms with Crippen molar-refractivity contribution in [1.29, 1.82) is 0 Å². The molecular weight excluding hydrogens is 500 g/mol. The van der Waals surface area contributed by atoms with Gasteiger partial charge in [0.05, 0.1) is 23.2 Å². The van der Waals surface area contributed by atoms with Gasteiger partial charge in [0.2, 0.25) is 11.8 Å². The van der Waals surface area contributed by atoms with Crippen LogP contribution in [-0.4, -0.2) is 81.1 Å². The fourth-order valence-electron chi connectivity index (χ4n) is 7.29. The van der Waals surface area contributed by atoms with Crippen LogP contribution in [0.25, 0.3) is 0 Å². The summed E-state index contributed by atoms with van der Waals surface area (Å²) in [6.07, 6.45) is 15.5. The van der Waals surface area contributed by atoms with Crippen LogP contribution in [0.4, 0.5) is 0 Å². The Morgan fingerprint density at radius 2 is 1.84 bits per heavy atom. The van der Waals surface area contributed by atoms with Crippen molar-refractivity contribution < 1.29 is 24.2 Å². The summed E-state index contributed by atoms with van der Waals surface area (Å²) in [4.78, 5) is 45.7. The highest BCUT2D eigenvalue weighted by Crippen LogP contribution is 2.66. The van der Waals surface area contributed by atoms with E-state index >= 15 is 0 Å². The standard InChI is InChI=1S/C30H46N2O5S/c1-3-5-13-21-37-29(36)24-23-16-17-30(38-23)25(24)27(34)32(19-11-6-7-12-20-33)26(30)28(35)31(18-4-2)22-14-9-8-10-15-22/h3-4,22-26,33H,1-2,5-21H2/t23-,24+,25-,26?,30?/m0/s1. The van der Waals surface area contributed by atoms with E-state index in [-0.39, 0.29) is 35.7 Å². The number of esters is 1. The number of carbonyl (C=O) groups excluding carboxylic acids is 3. The maximum Gasteiger partial charge on any atom is 0.310 e. The number of carbonyl (C=O) groups is 3. The fourth-order valence-corrected chi connectivity index (χ4v) is 9.49. The molecule has 0 aromatic carbocycles. The molecule has 8 heteroatoms. The molecule has 38 heavy (non-hydrogen) atoms. The number of unbranched alkanes of at least 4 members (excludes halogenated alkanes) is 4. The van der Waals surface area contributed by atoms with Gasteiger partial charge in [0, 0.05) is 31.0 Å². The van der Waals surface area contributed by atoms with Crippen LogP contribution in [0, 0.1) is 11.8 Å². The second kappa shape index (κ2) is 13.5. The van der Waals surface area contributed by atoms with E-state index in [2.05, 4.69) is 13.2 Å². The zero-order chi connectivity index (χ0) is 27.1. The average Bonchev–Trinajstić information content (AvgIpc) is 3.57. The number of aliphatic hydroxyl groups is 1. The molecule has 1 saturated carbocycles. The van der Waals surface area contributed by atoms with Crippen molar-refractivity contribution >= 4 is 29.5 Å². The third-order valence-electron chi connectivity index (χ3n) is 9.03. The number of hydrogen-bond acceptors (Lipinski definition) is 6. The predicted octanol–water partition coefficient (Wildman–Crippen LogP) is 4.49. The SMILES string of the molecule is C=CCCCOC(=O)[C@@H]1[C@@H]2CCC3(S2)C(C(=O)N(CC=C)C2CCCCC2)N(CCCCCCO)C(=O)[C@H]13. The van der Waals surface area contributed by atoms with Gasteiger partial charge in [0.1, 0.15) is 6.04 Å². The zero-order valence-corrected chi connectivity index (χ0v) is 23.7. The molecule has 5 atom stereocenters. The highest BCUT2D eigenvalue weighted by atomic mass is 32.2. The second-order valence-corrected chi connectivity index (χ2v) is 13.0. The van der Waals surface area contributed by atoms with Crippen LogP contribution in [0.1, 0.15) is 83.5 Å². The number of likely N-dealkylation sites (tertiary alicyclic amines) is 1. The molecule has 2 unspecified atom stereocenters. The van der Waals surface area contributed by atoms with Crippen LogP contribution < -0.4 is 0 Å². The quantitative estimate of drug-likeness (QED) is 0.185. The molecule has 7 nitrogen and oxygen atoms in total. The first kappa shape index (κ1) is 29.2. The van der Waals surface area contributed by atoms with Crippen LogP contribution in [0.5, 0.6) is 0 Å². The van der Waals surface area contributed by atoms with Crippen LogP contribution in [0.15, 0.2) is 25.3 Å². The zero-order valence-electron chi connectivity index (χ0n) is 22.9. The van der Waals surface area contributed by atoms with Crippen LogP contribution >= 0.6 is 11.8 Å². The van der Waals surface area contributed by atoms with Gasteiger partial charge in [-0.2, -0.15) is 0 Å². The Labute approximate surface area is 232 Å². The summed E-state index contributed by atoms with van der Waals surface area (Å²) in [7, 11) is 0. The van der Waals surface area contributed by atoms with Gasteiger partial charge in [0.25, 0.3) is 0 Å². The Kier molecular flexibility index (Phi) is 10.4. The number of thioether (sulfide) groups is 1. The number of hydrogen-bond donors (Lipinski definition) is 1. The summed E-state index contributed by atoms with van der Waals surface area (Å²) in [6.45, 7) is 9.16. The molecule has 1 aliphatic carbocycles. The van der Waals surface area contributed by atoms with Gasteiger partial charge in [0.15, 0.2) is 0 Å². The molecule has 4 fully saturated rings. The molecule has 3 heterocycles. The van der Waals surface area contributed by atoms with Crippen molar-refractivity contribution in [3.05, 3.63) is 25.3 Å². The largest absolute Gasteiger partial charge is 0.465 e. The second-order valence-electron chi connectivity index (χ2n) is 11.4. The first-order valence-electron chi connectivity index (χ1n) is 14.8. The lowest BCUT2D eigenvalue weighted by atomic mass is 9.71. The number of allylic oxidation sites excluding steroid dienone is 1. The van der Waals surface area contributed by atoms with Crippen molar-refractivity contribution in [2.45, 2.75) is 106 Å². The summed E-state index contributed by atoms with van der Waals surface area (Å²) < 4.78 is 5.10. The van der Waals surface area contributed by atoms with E-state index in [9.17, 15) is 14.4 Å². The van der Waals surface area contributed by atoms with Crippen LogP contribution in [-0.2, 0) is 19.1 Å². The Morgan fingerprint density at radius 1 is 1.08 bits per heavy atom. The number of rotatable bonds is 15. The van der Waals surface area contributed by atoms with Crippen LogP contribution in [0.2, 0.25) is 0 Å². The summed E-state index contributed by atoms with van der Waals surface area (Å²) in [5.74, 6) is -1.27. The Balaban J connectivity index is 1.60. The predicted molar refractivity (Wildman–Crippen MR) is 151 cm³/mol. The van der Waals surface area contributed by atoms with Crippen molar-refractivity contribution in [2.24, 2.45) is 11.8 Å². The average molecular weight is 547 g/mol. The molecule has 4 aliphatic rings. The molecule has 3 saturated heterocycles. The van der Waals surface area contributed by atoms with Gasteiger partial charge in [-0.1, -0.05) is 44.3 Å². The van der Waals surface area contributed by atoms with Crippen molar-refractivity contribution in [3.63, 3.8) is 0 Å². The van der Waals surface area contributed by atoms with E-state index in [1.54, 1.807) is 17.8 Å². The topological polar surface area (TPSA) is 87.2 Å². The normalized spacial score (nSPS) is 30.3. The van der Waals surface area contributed by atoms with Gasteiger partial charge in [-0.3, -0.25) is 14.4 Å². The van der Waals surface area contributed by atoms with E-state index in [0.717, 1.165) is 77.0 Å². The minimum Gasteiger partial charge on any atom is -0.465 e. The molecule has 1 spiro atoms. The summed E-state index contributed by atoms with van der Waals surface area (Å²) in [5, 5.41) is 9.18. The molecule has 0 radical (unpaired) electrons. The number of nitrogens with zero attached hydrogens (tertiary/aromatic N) is 2. The van der Waals surface area contributed by atoms with E-state index in [1.807, 2.05) is 15.9 Å². The van der Waals surface area contributed by atoms with Crippen LogP contribution in [0.3, 0.4) is 0 Å². The van der Waals surface area contributed by atoms with Gasteiger partial charge in [-0.05, 0) is 51.4 Å². The molecule has 3 aliphatic heterocycles. The summed E-state index contributed by atoms with van der Waals surface area (Å²) in [6, 6.07) is -0.367. The van der Waals surface area contributed by atoms with Crippen molar-refractivity contribution in [3.8, 4) is 0 Å². The minimum atomic E-state index is -0.567. The molecule has 2 amide bonds. The van der Waals surface area contributed by atoms with E-state index < -0.39 is 22.6 Å². The number of aliphatic hydroxyl groups excluding tert-OH is 1. The lowest BCUT2D eigenvalue weighted by Crippen LogP contribution is -2.57. The lowest BCUT2D eigenvalue weighted by Gasteiger charge is -2.41. The molecule has 2 bridgehead atoms. The first-order chi connectivity index (χ1) is 18.5. The third kappa shape index (κ3) is 5.72. The van der Waals surface area contributed by atoms with E-state index in [0.29, 0.717) is 19.7 Å². The number of amides is 2. The van der Waals surface area contributed by atoms with Gasteiger partial charge >= 0.3 is 5.97 Å². The van der Waals surface area contributed by atoms with Gasteiger partial charge in [-0.25, -0.2) is 0 Å². The fraction of sp³-hybridized carbons (Fsp3) is 0.767. The maximum atomic E-state index is 14.5. The lowest BCUT2D eigenvalue weighted by molar-refractivity contribution is -0.154. The van der Waals surface area contributed by atoms with Crippen molar-refractivity contribution in [2.75, 3.05) is 26.3 Å². The van der Waals surface area contributed by atoms with Gasteiger partial charge in [-0.15, -0.1) is 24.9 Å². The molecular formula is C30H46N2O5S. The Morgan fingerprint density at radius 3 is 2.55 bits per heavy atom. The Hall–Kier alpha value is -1.80. The molecule has 0 aromatic rings. The summed E-state index contributed by atoms with van der Waals surface area (Å²) >= 11 is 1.72. The first-order valence-corrected chi connectivity index (χ1v) is 15.7. The summed E-state index contributed by atoms with van der Waals surface area (Å²) in [5.41, 5.74) is 0. The molecule has 212 valence electrons. The highest BCUT2D eigenvalue weighted by Gasteiger charge is 2.74. The molecule has 0 aromatic heterocycles. The highest BCUT2D eigenvalue weighted by molar-refractivity contribution is 8.02. The smallest absolute Gasteiger partial charge is 0.310 e. The molecule has 4 rings (SSSR count).